The summed E-state index contributed by atoms with van der Waals surface area (Å²) in [4.78, 5) is 18.0. The van der Waals surface area contributed by atoms with Gasteiger partial charge in [0.1, 0.15) is 0 Å². The highest BCUT2D eigenvalue weighted by Crippen LogP contribution is 2.45. The second-order valence-corrected chi connectivity index (χ2v) is 9.92. The molecule has 1 heterocycles. The molecule has 1 saturated heterocycles. The van der Waals surface area contributed by atoms with E-state index in [1.54, 1.807) is 0 Å². The lowest BCUT2D eigenvalue weighted by Crippen LogP contribution is -2.56. The molecule has 1 amide bonds. The Labute approximate surface area is 203 Å². The Balaban J connectivity index is 1.37. The lowest BCUT2D eigenvalue weighted by atomic mass is 9.71. The number of carbonyl (C=O) groups excluding carboxylic acids is 1. The van der Waals surface area contributed by atoms with Gasteiger partial charge < -0.3 is 10.2 Å². The summed E-state index contributed by atoms with van der Waals surface area (Å²) in [7, 11) is 0. The van der Waals surface area contributed by atoms with Crippen molar-refractivity contribution >= 4 is 17.3 Å². The Morgan fingerprint density at radius 1 is 0.824 bits per heavy atom. The third kappa shape index (κ3) is 4.74. The van der Waals surface area contributed by atoms with Crippen LogP contribution in [0, 0.1) is 5.92 Å². The summed E-state index contributed by atoms with van der Waals surface area (Å²) in [6, 6.07) is 28.8. The number of hydrogen-bond donors (Lipinski definition) is 1. The summed E-state index contributed by atoms with van der Waals surface area (Å²) in [5.74, 6) is 0.722. The molecule has 2 fully saturated rings. The average molecular weight is 454 g/mol. The van der Waals surface area contributed by atoms with Crippen LogP contribution in [0.3, 0.4) is 0 Å². The van der Waals surface area contributed by atoms with E-state index in [-0.39, 0.29) is 11.4 Å². The zero-order chi connectivity index (χ0) is 23.4. The molecule has 5 rings (SSSR count). The van der Waals surface area contributed by atoms with Gasteiger partial charge in [-0.3, -0.25) is 9.69 Å². The largest absolute Gasteiger partial charge is 0.369 e. The summed E-state index contributed by atoms with van der Waals surface area (Å²) in [6.45, 7) is 6.60. The lowest BCUT2D eigenvalue weighted by Gasteiger charge is -2.51. The van der Waals surface area contributed by atoms with E-state index in [9.17, 15) is 4.79 Å². The zero-order valence-electron chi connectivity index (χ0n) is 20.1. The van der Waals surface area contributed by atoms with E-state index in [0.29, 0.717) is 5.56 Å². The minimum Gasteiger partial charge on any atom is -0.369 e. The number of piperazine rings is 1. The number of para-hydroxylation sites is 1. The molecule has 1 N–H and O–H groups in total. The van der Waals surface area contributed by atoms with E-state index in [2.05, 4.69) is 70.6 Å². The van der Waals surface area contributed by atoms with Gasteiger partial charge in [0.25, 0.3) is 5.91 Å². The summed E-state index contributed by atoms with van der Waals surface area (Å²) in [5.41, 5.74) is 4.28. The predicted molar refractivity (Wildman–Crippen MR) is 140 cm³/mol. The predicted octanol–water partition coefficient (Wildman–Crippen LogP) is 6.17. The molecule has 2 aliphatic rings. The molecule has 3 aromatic rings. The number of carbonyl (C=O) groups is 1. The van der Waals surface area contributed by atoms with E-state index >= 15 is 0 Å². The second-order valence-electron chi connectivity index (χ2n) is 9.92. The maximum Gasteiger partial charge on any atom is 0.255 e. The van der Waals surface area contributed by atoms with Gasteiger partial charge in [-0.25, -0.2) is 0 Å². The zero-order valence-corrected chi connectivity index (χ0v) is 20.1. The van der Waals surface area contributed by atoms with Crippen LogP contribution in [0.2, 0.25) is 0 Å². The standard InChI is InChI=1S/C30H35N3O/c1-24-15-17-30(18-16-24,33-21-19-32(20-22-33)28-13-6-3-7-14-28)26-11-8-12-27(23-26)31-29(34)25-9-4-2-5-10-25/h2-14,23-24H,15-22H2,1H3,(H,31,34)/t24-,30-. The van der Waals surface area contributed by atoms with E-state index in [4.69, 9.17) is 0 Å². The smallest absolute Gasteiger partial charge is 0.255 e. The summed E-state index contributed by atoms with van der Waals surface area (Å²) in [5, 5.41) is 3.13. The second kappa shape index (κ2) is 10.0. The topological polar surface area (TPSA) is 35.6 Å². The van der Waals surface area contributed by atoms with Crippen LogP contribution in [-0.4, -0.2) is 37.0 Å². The van der Waals surface area contributed by atoms with Gasteiger partial charge in [0.15, 0.2) is 0 Å². The number of nitrogens with one attached hydrogen (secondary N) is 1. The first-order chi connectivity index (χ1) is 16.6. The van der Waals surface area contributed by atoms with Gasteiger partial charge >= 0.3 is 0 Å². The van der Waals surface area contributed by atoms with Crippen LogP contribution in [-0.2, 0) is 5.54 Å². The maximum atomic E-state index is 12.8. The van der Waals surface area contributed by atoms with E-state index < -0.39 is 0 Å². The SMILES string of the molecule is C[C@H]1CC[C@](c2cccc(NC(=O)c3ccccc3)c2)(N2CCN(c3ccccc3)CC2)CC1. The molecule has 34 heavy (non-hydrogen) atoms. The summed E-state index contributed by atoms with van der Waals surface area (Å²) < 4.78 is 0. The van der Waals surface area contributed by atoms with E-state index in [1.165, 1.54) is 36.9 Å². The van der Waals surface area contributed by atoms with Gasteiger partial charge in [-0.1, -0.05) is 55.5 Å². The number of hydrogen-bond acceptors (Lipinski definition) is 3. The van der Waals surface area contributed by atoms with Gasteiger partial charge in [-0.05, 0) is 73.6 Å². The van der Waals surface area contributed by atoms with Gasteiger partial charge in [0, 0.05) is 48.7 Å². The van der Waals surface area contributed by atoms with Gasteiger partial charge in [-0.15, -0.1) is 0 Å². The van der Waals surface area contributed by atoms with Crippen molar-refractivity contribution in [3.63, 3.8) is 0 Å². The lowest BCUT2D eigenvalue weighted by molar-refractivity contribution is 0.0299. The molecule has 0 radical (unpaired) electrons. The molecule has 1 aliphatic heterocycles. The Hall–Kier alpha value is -3.11. The Morgan fingerprint density at radius 3 is 2.15 bits per heavy atom. The van der Waals surface area contributed by atoms with Crippen molar-refractivity contribution in [2.75, 3.05) is 36.4 Å². The third-order valence-electron chi connectivity index (χ3n) is 7.80. The normalized spacial score (nSPS) is 23.4. The fourth-order valence-corrected chi connectivity index (χ4v) is 5.74. The van der Waals surface area contributed by atoms with Crippen molar-refractivity contribution in [1.82, 2.24) is 4.90 Å². The fourth-order valence-electron chi connectivity index (χ4n) is 5.74. The molecule has 3 aromatic carbocycles. The fraction of sp³-hybridized carbons (Fsp3) is 0.367. The van der Waals surface area contributed by atoms with Crippen molar-refractivity contribution in [2.24, 2.45) is 5.92 Å². The summed E-state index contributed by atoms with van der Waals surface area (Å²) >= 11 is 0. The van der Waals surface area contributed by atoms with Gasteiger partial charge in [0.05, 0.1) is 0 Å². The number of rotatable bonds is 5. The van der Waals surface area contributed by atoms with Crippen LogP contribution in [0.4, 0.5) is 11.4 Å². The number of benzene rings is 3. The van der Waals surface area contributed by atoms with Crippen LogP contribution < -0.4 is 10.2 Å². The molecular formula is C30H35N3O. The quantitative estimate of drug-likeness (QED) is 0.502. The monoisotopic (exact) mass is 453 g/mol. The Bertz CT molecular complexity index is 1080. The molecule has 0 atom stereocenters. The Morgan fingerprint density at radius 2 is 1.47 bits per heavy atom. The first-order valence-electron chi connectivity index (χ1n) is 12.7. The summed E-state index contributed by atoms with van der Waals surface area (Å²) in [6.07, 6.45) is 4.85. The molecule has 1 saturated carbocycles. The number of anilines is 2. The highest BCUT2D eigenvalue weighted by atomic mass is 16.1. The third-order valence-corrected chi connectivity index (χ3v) is 7.80. The van der Waals surface area contributed by atoms with Crippen molar-refractivity contribution < 1.29 is 4.79 Å². The molecule has 0 aromatic heterocycles. The highest BCUT2D eigenvalue weighted by molar-refractivity contribution is 6.04. The van der Waals surface area contributed by atoms with Crippen molar-refractivity contribution in [3.05, 3.63) is 96.1 Å². The van der Waals surface area contributed by atoms with Crippen LogP contribution in [0.15, 0.2) is 84.9 Å². The van der Waals surface area contributed by atoms with Gasteiger partial charge in [0.2, 0.25) is 0 Å². The number of amides is 1. The average Bonchev–Trinajstić information content (AvgIpc) is 2.91. The van der Waals surface area contributed by atoms with E-state index in [0.717, 1.165) is 37.8 Å². The first-order valence-corrected chi connectivity index (χ1v) is 12.7. The molecule has 4 heteroatoms. The molecule has 1 aliphatic carbocycles. The van der Waals surface area contributed by atoms with Crippen molar-refractivity contribution in [3.8, 4) is 0 Å². The highest BCUT2D eigenvalue weighted by Gasteiger charge is 2.42. The van der Waals surface area contributed by atoms with Crippen molar-refractivity contribution in [2.45, 2.75) is 38.1 Å². The number of nitrogens with zero attached hydrogens (tertiary/aromatic N) is 2. The van der Waals surface area contributed by atoms with Crippen LogP contribution >= 0.6 is 0 Å². The van der Waals surface area contributed by atoms with Crippen LogP contribution in [0.25, 0.3) is 0 Å². The maximum absolute atomic E-state index is 12.8. The molecule has 0 unspecified atom stereocenters. The van der Waals surface area contributed by atoms with Crippen LogP contribution in [0.1, 0.15) is 48.5 Å². The Kier molecular flexibility index (Phi) is 6.68. The molecule has 4 nitrogen and oxygen atoms in total. The molecule has 0 spiro atoms. The minimum atomic E-state index is -0.0551. The molecular weight excluding hydrogens is 418 g/mol. The van der Waals surface area contributed by atoms with E-state index in [1.807, 2.05) is 36.4 Å². The minimum absolute atomic E-state index is 0.0444. The van der Waals surface area contributed by atoms with Crippen LogP contribution in [0.5, 0.6) is 0 Å². The van der Waals surface area contributed by atoms with Gasteiger partial charge in [-0.2, -0.15) is 0 Å². The molecule has 0 bridgehead atoms. The molecule has 176 valence electrons. The first kappa shape index (κ1) is 22.7. The van der Waals surface area contributed by atoms with Crippen molar-refractivity contribution in [1.29, 1.82) is 0 Å².